The lowest BCUT2D eigenvalue weighted by atomic mass is 10.1. The van der Waals surface area contributed by atoms with Crippen molar-refractivity contribution in [2.45, 2.75) is 51.6 Å². The lowest BCUT2D eigenvalue weighted by Gasteiger charge is -2.22. The van der Waals surface area contributed by atoms with Crippen LogP contribution in [0, 0.1) is 0 Å². The van der Waals surface area contributed by atoms with E-state index in [0.29, 0.717) is 5.92 Å². The van der Waals surface area contributed by atoms with Gasteiger partial charge in [-0.3, -0.25) is 0 Å². The molecule has 0 radical (unpaired) electrons. The Morgan fingerprint density at radius 2 is 2.11 bits per heavy atom. The van der Waals surface area contributed by atoms with Crippen LogP contribution in [0.15, 0.2) is 6.07 Å². The summed E-state index contributed by atoms with van der Waals surface area (Å²) < 4.78 is 5.49. The van der Waals surface area contributed by atoms with Crippen molar-refractivity contribution in [2.75, 3.05) is 19.0 Å². The summed E-state index contributed by atoms with van der Waals surface area (Å²) in [6, 6.07) is 2.09. The standard InChI is InChI=1S/C14H23N3O/c1-5-8-15-12-9-11(10-6-7-10)16-13(17-12)14(2,3)18-4/h9-10H,5-8H2,1-4H3,(H,15,16,17). The summed E-state index contributed by atoms with van der Waals surface area (Å²) in [4.78, 5) is 9.25. The van der Waals surface area contributed by atoms with Gasteiger partial charge in [-0.05, 0) is 33.1 Å². The molecule has 100 valence electrons. The Kier molecular flexibility index (Phi) is 3.85. The van der Waals surface area contributed by atoms with Crippen LogP contribution in [-0.4, -0.2) is 23.6 Å². The average molecular weight is 249 g/mol. The van der Waals surface area contributed by atoms with Gasteiger partial charge in [0.05, 0.1) is 0 Å². The predicted octanol–water partition coefficient (Wildman–Crippen LogP) is 3.06. The second kappa shape index (κ2) is 5.22. The molecular formula is C14H23N3O. The van der Waals surface area contributed by atoms with Crippen LogP contribution in [0.5, 0.6) is 0 Å². The third kappa shape index (κ3) is 2.99. The van der Waals surface area contributed by atoms with Crippen LogP contribution in [0.3, 0.4) is 0 Å². The van der Waals surface area contributed by atoms with Gasteiger partial charge in [-0.2, -0.15) is 0 Å². The molecule has 1 aliphatic rings. The molecule has 18 heavy (non-hydrogen) atoms. The second-order valence-electron chi connectivity index (χ2n) is 5.42. The highest BCUT2D eigenvalue weighted by Crippen LogP contribution is 2.40. The molecule has 2 rings (SSSR count). The molecule has 1 aromatic heterocycles. The third-order valence-corrected chi connectivity index (χ3v) is 3.35. The number of methoxy groups -OCH3 is 1. The van der Waals surface area contributed by atoms with E-state index in [1.165, 1.54) is 12.8 Å². The maximum absolute atomic E-state index is 5.49. The van der Waals surface area contributed by atoms with Gasteiger partial charge in [-0.1, -0.05) is 6.92 Å². The number of ether oxygens (including phenoxy) is 1. The number of nitrogens with zero attached hydrogens (tertiary/aromatic N) is 2. The van der Waals surface area contributed by atoms with E-state index < -0.39 is 5.60 Å². The Morgan fingerprint density at radius 3 is 2.67 bits per heavy atom. The summed E-state index contributed by atoms with van der Waals surface area (Å²) in [5, 5.41) is 3.35. The smallest absolute Gasteiger partial charge is 0.162 e. The zero-order valence-electron chi connectivity index (χ0n) is 11.8. The number of nitrogens with one attached hydrogen (secondary N) is 1. The van der Waals surface area contributed by atoms with Gasteiger partial charge in [0.25, 0.3) is 0 Å². The van der Waals surface area contributed by atoms with Gasteiger partial charge in [0.2, 0.25) is 0 Å². The fourth-order valence-corrected chi connectivity index (χ4v) is 1.76. The topological polar surface area (TPSA) is 47.0 Å². The van der Waals surface area contributed by atoms with Crippen molar-refractivity contribution in [1.82, 2.24) is 9.97 Å². The summed E-state index contributed by atoms with van der Waals surface area (Å²) in [5.41, 5.74) is 0.719. The Labute approximate surface area is 109 Å². The molecular weight excluding hydrogens is 226 g/mol. The molecule has 0 atom stereocenters. The van der Waals surface area contributed by atoms with E-state index in [1.54, 1.807) is 7.11 Å². The van der Waals surface area contributed by atoms with Gasteiger partial charge in [0.15, 0.2) is 5.82 Å². The number of hydrogen-bond donors (Lipinski definition) is 1. The SMILES string of the molecule is CCCNc1cc(C2CC2)nc(C(C)(C)OC)n1. The molecule has 0 saturated heterocycles. The van der Waals surface area contributed by atoms with Gasteiger partial charge < -0.3 is 10.1 Å². The molecule has 4 heteroatoms. The lowest BCUT2D eigenvalue weighted by Crippen LogP contribution is -2.24. The normalized spacial score (nSPS) is 15.8. The zero-order chi connectivity index (χ0) is 13.2. The van der Waals surface area contributed by atoms with E-state index in [2.05, 4.69) is 28.3 Å². The van der Waals surface area contributed by atoms with E-state index >= 15 is 0 Å². The van der Waals surface area contributed by atoms with Crippen LogP contribution in [0.25, 0.3) is 0 Å². The predicted molar refractivity (Wildman–Crippen MR) is 72.8 cm³/mol. The highest BCUT2D eigenvalue weighted by Gasteiger charge is 2.30. The highest BCUT2D eigenvalue weighted by molar-refractivity contribution is 5.38. The van der Waals surface area contributed by atoms with Crippen LogP contribution >= 0.6 is 0 Å². The molecule has 0 aliphatic heterocycles. The van der Waals surface area contributed by atoms with Crippen molar-refractivity contribution in [2.24, 2.45) is 0 Å². The first-order valence-corrected chi connectivity index (χ1v) is 6.75. The Hall–Kier alpha value is -1.16. The van der Waals surface area contributed by atoms with Crippen molar-refractivity contribution in [3.8, 4) is 0 Å². The first-order chi connectivity index (χ1) is 8.56. The maximum Gasteiger partial charge on any atom is 0.162 e. The summed E-state index contributed by atoms with van der Waals surface area (Å²) in [6.07, 6.45) is 3.58. The van der Waals surface area contributed by atoms with Crippen molar-refractivity contribution < 1.29 is 4.74 Å². The van der Waals surface area contributed by atoms with E-state index in [-0.39, 0.29) is 0 Å². The summed E-state index contributed by atoms with van der Waals surface area (Å²) in [5.74, 6) is 2.32. The molecule has 0 spiro atoms. The molecule has 0 bridgehead atoms. The van der Waals surface area contributed by atoms with Gasteiger partial charge in [0, 0.05) is 31.3 Å². The molecule has 1 aromatic rings. The maximum atomic E-state index is 5.49. The van der Waals surface area contributed by atoms with Crippen LogP contribution in [0.4, 0.5) is 5.82 Å². The van der Waals surface area contributed by atoms with Crippen molar-refractivity contribution in [3.05, 3.63) is 17.6 Å². The van der Waals surface area contributed by atoms with Gasteiger partial charge in [-0.25, -0.2) is 9.97 Å². The minimum atomic E-state index is -0.437. The first-order valence-electron chi connectivity index (χ1n) is 6.75. The van der Waals surface area contributed by atoms with Crippen LogP contribution in [0.1, 0.15) is 57.5 Å². The number of hydrogen-bond acceptors (Lipinski definition) is 4. The monoisotopic (exact) mass is 249 g/mol. The Morgan fingerprint density at radius 1 is 1.39 bits per heavy atom. The average Bonchev–Trinajstić information content (AvgIpc) is 3.20. The number of aromatic nitrogens is 2. The zero-order valence-corrected chi connectivity index (χ0v) is 11.8. The van der Waals surface area contributed by atoms with Crippen LogP contribution in [0.2, 0.25) is 0 Å². The van der Waals surface area contributed by atoms with E-state index in [4.69, 9.17) is 4.74 Å². The summed E-state index contributed by atoms with van der Waals surface area (Å²) in [7, 11) is 1.70. The van der Waals surface area contributed by atoms with Crippen LogP contribution in [-0.2, 0) is 10.3 Å². The molecule has 1 fully saturated rings. The van der Waals surface area contributed by atoms with Crippen LogP contribution < -0.4 is 5.32 Å². The fraction of sp³-hybridized carbons (Fsp3) is 0.714. The van der Waals surface area contributed by atoms with Gasteiger partial charge in [0.1, 0.15) is 11.4 Å². The second-order valence-corrected chi connectivity index (χ2v) is 5.42. The number of anilines is 1. The minimum absolute atomic E-state index is 0.437. The fourth-order valence-electron chi connectivity index (χ4n) is 1.76. The quantitative estimate of drug-likeness (QED) is 0.841. The van der Waals surface area contributed by atoms with Crippen molar-refractivity contribution >= 4 is 5.82 Å². The molecule has 0 unspecified atom stereocenters. The van der Waals surface area contributed by atoms with Gasteiger partial charge >= 0.3 is 0 Å². The molecule has 1 aliphatic carbocycles. The molecule has 1 N–H and O–H groups in total. The summed E-state index contributed by atoms with van der Waals surface area (Å²) in [6.45, 7) is 7.09. The number of rotatable bonds is 6. The molecule has 1 saturated carbocycles. The Bertz CT molecular complexity index is 414. The van der Waals surface area contributed by atoms with Gasteiger partial charge in [-0.15, -0.1) is 0 Å². The highest BCUT2D eigenvalue weighted by atomic mass is 16.5. The van der Waals surface area contributed by atoms with E-state index in [0.717, 1.165) is 30.3 Å². The van der Waals surface area contributed by atoms with Crippen molar-refractivity contribution in [1.29, 1.82) is 0 Å². The van der Waals surface area contributed by atoms with Crippen molar-refractivity contribution in [3.63, 3.8) is 0 Å². The minimum Gasteiger partial charge on any atom is -0.371 e. The molecule has 0 aromatic carbocycles. The molecule has 1 heterocycles. The molecule has 0 amide bonds. The lowest BCUT2D eigenvalue weighted by molar-refractivity contribution is 0.0114. The van der Waals surface area contributed by atoms with E-state index in [1.807, 2.05) is 13.8 Å². The molecule has 4 nitrogen and oxygen atoms in total. The third-order valence-electron chi connectivity index (χ3n) is 3.35. The largest absolute Gasteiger partial charge is 0.371 e. The Balaban J connectivity index is 2.30. The van der Waals surface area contributed by atoms with E-state index in [9.17, 15) is 0 Å². The summed E-state index contributed by atoms with van der Waals surface area (Å²) >= 11 is 0. The first kappa shape index (κ1) is 13.3.